The van der Waals surface area contributed by atoms with Gasteiger partial charge in [0, 0.05) is 17.7 Å². The lowest BCUT2D eigenvalue weighted by Gasteiger charge is -2.16. The summed E-state index contributed by atoms with van der Waals surface area (Å²) in [6.07, 6.45) is -0.689. The second-order valence-electron chi connectivity index (χ2n) is 7.38. The number of aromatic nitrogens is 4. The Hall–Kier alpha value is -4.88. The van der Waals surface area contributed by atoms with Gasteiger partial charge in [-0.05, 0) is 30.7 Å². The molecule has 0 saturated heterocycles. The SMILES string of the molecule is Nc1nc2nc3c(nc2c(=O)[nH]1)CN(c1ccc(C(=O)NC(CCC(=O)O)C(=O)O)cc1)C3=O. The van der Waals surface area contributed by atoms with Crippen LogP contribution in [0.3, 0.4) is 0 Å². The lowest BCUT2D eigenvalue weighted by atomic mass is 10.1. The molecule has 1 aliphatic rings. The molecule has 1 atom stereocenters. The number of hydrogen-bond acceptors (Lipinski definition) is 9. The Morgan fingerprint density at radius 3 is 2.47 bits per heavy atom. The number of fused-ring (bicyclic) bond motifs is 2. The zero-order valence-electron chi connectivity index (χ0n) is 17.3. The highest BCUT2D eigenvalue weighted by Gasteiger charge is 2.32. The predicted octanol–water partition coefficient (Wildman–Crippen LogP) is -0.496. The fourth-order valence-electron chi connectivity index (χ4n) is 3.41. The van der Waals surface area contributed by atoms with E-state index in [4.69, 9.17) is 10.8 Å². The predicted molar refractivity (Wildman–Crippen MR) is 115 cm³/mol. The van der Waals surface area contributed by atoms with Crippen molar-refractivity contribution in [3.05, 3.63) is 51.6 Å². The molecule has 6 N–H and O–H groups in total. The number of carbonyl (C=O) groups excluding carboxylic acids is 2. The minimum absolute atomic E-state index is 0.0227. The number of nitrogens with two attached hydrogens (primary N) is 1. The van der Waals surface area contributed by atoms with Crippen LogP contribution in [-0.2, 0) is 16.1 Å². The summed E-state index contributed by atoms with van der Waals surface area (Å²) in [4.78, 5) is 75.2. The van der Waals surface area contributed by atoms with Gasteiger partial charge in [0.05, 0.1) is 12.2 Å². The average Bonchev–Trinajstić information content (AvgIpc) is 3.10. The van der Waals surface area contributed by atoms with Crippen molar-refractivity contribution in [3.8, 4) is 0 Å². The number of carbonyl (C=O) groups is 4. The van der Waals surface area contributed by atoms with Gasteiger partial charge in [0.1, 0.15) is 6.04 Å². The number of aliphatic carboxylic acids is 2. The van der Waals surface area contributed by atoms with Crippen molar-refractivity contribution < 1.29 is 29.4 Å². The van der Waals surface area contributed by atoms with Crippen LogP contribution in [0.1, 0.15) is 39.4 Å². The Kier molecular flexibility index (Phi) is 5.63. The Labute approximate surface area is 189 Å². The number of hydrogen-bond donors (Lipinski definition) is 5. The molecule has 2 amide bonds. The van der Waals surface area contributed by atoms with E-state index in [1.54, 1.807) is 0 Å². The number of carboxylic acid groups (broad SMARTS) is 2. The molecule has 1 aromatic carbocycles. The van der Waals surface area contributed by atoms with Gasteiger partial charge in [-0.1, -0.05) is 0 Å². The Morgan fingerprint density at radius 2 is 1.82 bits per heavy atom. The first kappa shape index (κ1) is 22.3. The van der Waals surface area contributed by atoms with Crippen molar-refractivity contribution in [1.82, 2.24) is 25.3 Å². The van der Waals surface area contributed by atoms with E-state index in [1.807, 2.05) is 0 Å². The Morgan fingerprint density at radius 1 is 1.12 bits per heavy atom. The number of amides is 2. The van der Waals surface area contributed by atoms with Crippen LogP contribution < -0.4 is 21.5 Å². The van der Waals surface area contributed by atoms with Crippen LogP contribution in [-0.4, -0.2) is 59.9 Å². The van der Waals surface area contributed by atoms with Gasteiger partial charge in [-0.25, -0.2) is 14.8 Å². The molecule has 14 nitrogen and oxygen atoms in total. The standard InChI is InChI=1S/C20H17N7O7/c21-20-25-15-14(17(31)26-20)22-11-7-27(18(32)13(11)24-15)9-3-1-8(2-4-9)16(30)23-10(19(33)34)5-6-12(28)29/h1-4,10H,5-7H2,(H,23,30)(H,28,29)(H,33,34)(H3,21,24,25,26,31). The third-order valence-corrected chi connectivity index (χ3v) is 5.08. The van der Waals surface area contributed by atoms with Gasteiger partial charge in [-0.2, -0.15) is 4.98 Å². The monoisotopic (exact) mass is 467 g/mol. The smallest absolute Gasteiger partial charge is 0.326 e. The van der Waals surface area contributed by atoms with E-state index in [0.29, 0.717) is 5.69 Å². The largest absolute Gasteiger partial charge is 0.481 e. The summed E-state index contributed by atoms with van der Waals surface area (Å²) in [5.41, 5.74) is 5.65. The number of nitrogen functional groups attached to an aromatic ring is 1. The number of aromatic amines is 1. The molecule has 174 valence electrons. The van der Waals surface area contributed by atoms with Crippen LogP contribution in [0.2, 0.25) is 0 Å². The minimum atomic E-state index is -1.37. The fourth-order valence-corrected chi connectivity index (χ4v) is 3.41. The van der Waals surface area contributed by atoms with Gasteiger partial charge in [0.25, 0.3) is 17.4 Å². The number of anilines is 2. The molecule has 3 heterocycles. The molecule has 0 spiro atoms. The molecule has 0 radical (unpaired) electrons. The van der Waals surface area contributed by atoms with E-state index in [1.165, 1.54) is 29.2 Å². The first-order valence-electron chi connectivity index (χ1n) is 9.88. The summed E-state index contributed by atoms with van der Waals surface area (Å²) < 4.78 is 0. The molecule has 1 aliphatic heterocycles. The Bertz CT molecular complexity index is 1400. The van der Waals surface area contributed by atoms with E-state index in [2.05, 4.69) is 25.3 Å². The van der Waals surface area contributed by atoms with Crippen LogP contribution >= 0.6 is 0 Å². The second-order valence-corrected chi connectivity index (χ2v) is 7.38. The van der Waals surface area contributed by atoms with Crippen molar-refractivity contribution >= 4 is 46.6 Å². The van der Waals surface area contributed by atoms with Crippen molar-refractivity contribution in [3.63, 3.8) is 0 Å². The van der Waals surface area contributed by atoms with Crippen molar-refractivity contribution in [2.45, 2.75) is 25.4 Å². The molecule has 1 unspecified atom stereocenters. The van der Waals surface area contributed by atoms with Gasteiger partial charge in [-0.3, -0.25) is 24.2 Å². The summed E-state index contributed by atoms with van der Waals surface area (Å²) in [6, 6.07) is 4.38. The highest BCUT2D eigenvalue weighted by atomic mass is 16.4. The van der Waals surface area contributed by atoms with E-state index in [0.717, 1.165) is 0 Å². The van der Waals surface area contributed by atoms with Crippen LogP contribution in [0, 0.1) is 0 Å². The highest BCUT2D eigenvalue weighted by Crippen LogP contribution is 2.27. The molecule has 2 aromatic heterocycles. The highest BCUT2D eigenvalue weighted by molar-refractivity contribution is 6.09. The topological polar surface area (TPSA) is 222 Å². The lowest BCUT2D eigenvalue weighted by molar-refractivity contribution is -0.140. The average molecular weight is 467 g/mol. The summed E-state index contributed by atoms with van der Waals surface area (Å²) >= 11 is 0. The third kappa shape index (κ3) is 4.23. The van der Waals surface area contributed by atoms with Gasteiger partial charge in [0.15, 0.2) is 16.9 Å². The van der Waals surface area contributed by atoms with Crippen molar-refractivity contribution in [1.29, 1.82) is 0 Å². The molecule has 4 rings (SSSR count). The van der Waals surface area contributed by atoms with Gasteiger partial charge >= 0.3 is 11.9 Å². The molecule has 0 bridgehead atoms. The Balaban J connectivity index is 1.52. The summed E-state index contributed by atoms with van der Waals surface area (Å²) in [6.45, 7) is 0.0305. The zero-order valence-corrected chi connectivity index (χ0v) is 17.3. The number of nitrogens with one attached hydrogen (secondary N) is 2. The normalized spacial score (nSPS) is 13.5. The number of carboxylic acids is 2. The van der Waals surface area contributed by atoms with Gasteiger partial charge in [-0.15, -0.1) is 0 Å². The summed E-state index contributed by atoms with van der Waals surface area (Å²) in [5, 5.41) is 20.2. The van der Waals surface area contributed by atoms with Crippen LogP contribution in [0.15, 0.2) is 29.1 Å². The molecule has 0 aliphatic carbocycles. The third-order valence-electron chi connectivity index (χ3n) is 5.08. The number of rotatable bonds is 7. The first-order valence-corrected chi connectivity index (χ1v) is 9.88. The van der Waals surface area contributed by atoms with Gasteiger partial charge in [0.2, 0.25) is 5.95 Å². The maximum Gasteiger partial charge on any atom is 0.326 e. The van der Waals surface area contributed by atoms with Gasteiger partial charge < -0.3 is 26.2 Å². The maximum atomic E-state index is 12.9. The number of benzene rings is 1. The molecular formula is C20H17N7O7. The molecule has 0 fully saturated rings. The van der Waals surface area contributed by atoms with E-state index < -0.39 is 41.8 Å². The van der Waals surface area contributed by atoms with E-state index in [9.17, 15) is 29.1 Å². The van der Waals surface area contributed by atoms with Crippen LogP contribution in [0.25, 0.3) is 11.2 Å². The summed E-state index contributed by atoms with van der Waals surface area (Å²) in [5.74, 6) is -3.88. The maximum absolute atomic E-state index is 12.9. The zero-order chi connectivity index (χ0) is 24.6. The van der Waals surface area contributed by atoms with E-state index in [-0.39, 0.29) is 47.0 Å². The quantitative estimate of drug-likeness (QED) is 0.298. The van der Waals surface area contributed by atoms with Crippen molar-refractivity contribution in [2.24, 2.45) is 0 Å². The first-order chi connectivity index (χ1) is 16.1. The molecule has 3 aromatic rings. The van der Waals surface area contributed by atoms with Crippen molar-refractivity contribution in [2.75, 3.05) is 10.6 Å². The number of nitrogens with zero attached hydrogens (tertiary/aromatic N) is 4. The second kappa shape index (κ2) is 8.57. The van der Waals surface area contributed by atoms with Crippen LogP contribution in [0.4, 0.5) is 11.6 Å². The van der Waals surface area contributed by atoms with E-state index >= 15 is 0 Å². The molecule has 34 heavy (non-hydrogen) atoms. The minimum Gasteiger partial charge on any atom is -0.481 e. The molecule has 0 saturated carbocycles. The number of H-pyrrole nitrogens is 1. The molecular weight excluding hydrogens is 450 g/mol. The van der Waals surface area contributed by atoms with Crippen LogP contribution in [0.5, 0.6) is 0 Å². The molecule has 14 heteroatoms. The lowest BCUT2D eigenvalue weighted by Crippen LogP contribution is -2.41. The summed E-state index contributed by atoms with van der Waals surface area (Å²) in [7, 11) is 0. The fraction of sp³-hybridized carbons (Fsp3) is 0.200.